The van der Waals surface area contributed by atoms with Crippen LogP contribution in [0.1, 0.15) is 41.5 Å². The molecule has 4 rings (SSSR count). The van der Waals surface area contributed by atoms with Crippen LogP contribution in [0.25, 0.3) is 0 Å². The van der Waals surface area contributed by atoms with E-state index in [4.69, 9.17) is 23.2 Å². The lowest BCUT2D eigenvalue weighted by Crippen LogP contribution is -2.35. The molecule has 0 radical (unpaired) electrons. The van der Waals surface area contributed by atoms with Gasteiger partial charge in [0.25, 0.3) is 0 Å². The molecule has 166 valence electrons. The Morgan fingerprint density at radius 2 is 1.91 bits per heavy atom. The van der Waals surface area contributed by atoms with Crippen molar-refractivity contribution in [1.29, 1.82) is 0 Å². The highest BCUT2D eigenvalue weighted by atomic mass is 35.5. The number of carbonyl (C=O) groups excluding carboxylic acids is 1. The average molecular weight is 476 g/mol. The van der Waals surface area contributed by atoms with Crippen LogP contribution in [-0.4, -0.2) is 22.8 Å². The third-order valence-electron chi connectivity index (χ3n) is 5.98. The molecule has 1 saturated heterocycles. The summed E-state index contributed by atoms with van der Waals surface area (Å²) in [5.74, 6) is -0.690. The van der Waals surface area contributed by atoms with Crippen LogP contribution >= 0.6 is 23.2 Å². The number of carbonyl (C=O) groups is 1. The predicted molar refractivity (Wildman–Crippen MR) is 123 cm³/mol. The van der Waals surface area contributed by atoms with Crippen LogP contribution in [0, 0.1) is 18.6 Å². The smallest absolute Gasteiger partial charge is 0.210 e. The Bertz CT molecular complexity index is 1140. The lowest BCUT2D eigenvalue weighted by Gasteiger charge is -2.38. The lowest BCUT2D eigenvalue weighted by molar-refractivity contribution is -0.121. The van der Waals surface area contributed by atoms with E-state index in [9.17, 15) is 13.6 Å². The summed E-state index contributed by atoms with van der Waals surface area (Å²) in [6.07, 6.45) is 3.85. The van der Waals surface area contributed by atoms with E-state index in [0.717, 1.165) is 24.0 Å². The number of nitrogens with zero attached hydrogens (tertiary/aromatic N) is 2. The molecule has 1 N–H and O–H groups in total. The van der Waals surface area contributed by atoms with Gasteiger partial charge in [-0.25, -0.2) is 13.8 Å². The van der Waals surface area contributed by atoms with Crippen LogP contribution in [0.2, 0.25) is 10.2 Å². The zero-order chi connectivity index (χ0) is 22.8. The van der Waals surface area contributed by atoms with Gasteiger partial charge in [0.1, 0.15) is 16.8 Å². The second-order valence-electron chi connectivity index (χ2n) is 7.86. The molecule has 0 aliphatic carbocycles. The van der Waals surface area contributed by atoms with E-state index in [1.807, 2.05) is 0 Å². The van der Waals surface area contributed by atoms with Crippen LogP contribution in [0.3, 0.4) is 0 Å². The number of piperidine rings is 1. The Morgan fingerprint density at radius 1 is 1.16 bits per heavy atom. The van der Waals surface area contributed by atoms with Crippen LogP contribution in [0.5, 0.6) is 0 Å². The number of halogens is 4. The average Bonchev–Trinajstić information content (AvgIpc) is 2.80. The van der Waals surface area contributed by atoms with E-state index in [0.29, 0.717) is 35.1 Å². The van der Waals surface area contributed by atoms with Crippen LogP contribution in [0.15, 0.2) is 48.7 Å². The molecular weight excluding hydrogens is 455 g/mol. The van der Waals surface area contributed by atoms with Crippen molar-refractivity contribution in [2.45, 2.75) is 31.7 Å². The summed E-state index contributed by atoms with van der Waals surface area (Å²) in [4.78, 5) is 17.9. The van der Waals surface area contributed by atoms with Crippen molar-refractivity contribution >= 4 is 41.0 Å². The fourth-order valence-corrected chi connectivity index (χ4v) is 4.53. The fraction of sp³-hybridized carbons (Fsp3) is 0.250. The molecule has 2 heterocycles. The van der Waals surface area contributed by atoms with E-state index in [1.165, 1.54) is 18.2 Å². The van der Waals surface area contributed by atoms with E-state index in [2.05, 4.69) is 10.3 Å². The number of aromatic nitrogens is 1. The highest BCUT2D eigenvalue weighted by molar-refractivity contribution is 6.33. The molecule has 4 nitrogen and oxygen atoms in total. The van der Waals surface area contributed by atoms with Gasteiger partial charge < -0.3 is 10.2 Å². The van der Waals surface area contributed by atoms with Gasteiger partial charge in [-0.3, -0.25) is 4.79 Å². The van der Waals surface area contributed by atoms with Gasteiger partial charge in [-0.15, -0.1) is 0 Å². The van der Waals surface area contributed by atoms with Gasteiger partial charge in [0.2, 0.25) is 6.41 Å². The van der Waals surface area contributed by atoms with Crippen molar-refractivity contribution in [3.63, 3.8) is 0 Å². The highest BCUT2D eigenvalue weighted by Crippen LogP contribution is 2.43. The van der Waals surface area contributed by atoms with Crippen LogP contribution < -0.4 is 5.32 Å². The normalized spacial score (nSPS) is 18.5. The van der Waals surface area contributed by atoms with E-state index in [-0.39, 0.29) is 22.8 Å². The minimum absolute atomic E-state index is 0.0362. The molecule has 1 fully saturated rings. The first-order valence-electron chi connectivity index (χ1n) is 10.2. The molecule has 3 aromatic rings. The zero-order valence-corrected chi connectivity index (χ0v) is 18.8. The monoisotopic (exact) mass is 475 g/mol. The van der Waals surface area contributed by atoms with Crippen molar-refractivity contribution in [1.82, 2.24) is 9.88 Å². The Morgan fingerprint density at radius 3 is 2.62 bits per heavy atom. The summed E-state index contributed by atoms with van der Waals surface area (Å²) in [5, 5.41) is 3.47. The van der Waals surface area contributed by atoms with Gasteiger partial charge in [0.15, 0.2) is 0 Å². The summed E-state index contributed by atoms with van der Waals surface area (Å²) in [7, 11) is 0. The Labute approximate surface area is 195 Å². The molecule has 0 bridgehead atoms. The topological polar surface area (TPSA) is 45.2 Å². The molecule has 1 amide bonds. The molecule has 8 heteroatoms. The number of nitrogens with one attached hydrogen (secondary N) is 1. The number of amides is 1. The third-order valence-corrected chi connectivity index (χ3v) is 6.75. The lowest BCUT2D eigenvalue weighted by atomic mass is 9.82. The summed E-state index contributed by atoms with van der Waals surface area (Å²) in [6.45, 7) is 2.35. The first-order chi connectivity index (χ1) is 15.4. The quantitative estimate of drug-likeness (QED) is 0.326. The van der Waals surface area contributed by atoms with Gasteiger partial charge in [-0.1, -0.05) is 41.4 Å². The van der Waals surface area contributed by atoms with Crippen LogP contribution in [0.4, 0.5) is 20.2 Å². The second kappa shape index (κ2) is 9.43. The maximum absolute atomic E-state index is 14.0. The molecule has 1 aliphatic rings. The Kier molecular flexibility index (Phi) is 6.63. The highest BCUT2D eigenvalue weighted by Gasteiger charge is 2.32. The zero-order valence-electron chi connectivity index (χ0n) is 17.3. The number of hydrogen-bond donors (Lipinski definition) is 1. The maximum Gasteiger partial charge on any atom is 0.210 e. The third kappa shape index (κ3) is 4.43. The largest absolute Gasteiger partial charge is 0.354 e. The molecule has 2 unspecified atom stereocenters. The number of likely N-dealkylation sites (tertiary alicyclic amines) is 1. The number of pyridine rings is 1. The fourth-order valence-electron chi connectivity index (χ4n) is 4.21. The Hall–Kier alpha value is -2.70. The SMILES string of the molecule is Cc1c(Cl)ncc(C2CC(c3ccc(F)cc3)CCN2C=O)c1Nc1cccc(F)c1Cl. The van der Waals surface area contributed by atoms with Crippen molar-refractivity contribution < 1.29 is 13.6 Å². The van der Waals surface area contributed by atoms with Crippen molar-refractivity contribution in [2.75, 3.05) is 11.9 Å². The summed E-state index contributed by atoms with van der Waals surface area (Å²) >= 11 is 12.5. The first-order valence-corrected chi connectivity index (χ1v) is 11.0. The van der Waals surface area contributed by atoms with Gasteiger partial charge in [0.05, 0.1) is 22.4 Å². The van der Waals surface area contributed by atoms with Crippen LogP contribution in [-0.2, 0) is 4.79 Å². The standard InChI is InChI=1S/C24H21Cl2F2N3O/c1-14-23(30-20-4-2-3-19(28)22(20)25)18(12-29-24(14)26)21-11-16(9-10-31(21)13-32)15-5-7-17(27)8-6-15/h2-8,12-13,16,21H,9-11H2,1H3,(H,29,30). The van der Waals surface area contributed by atoms with E-state index < -0.39 is 5.82 Å². The van der Waals surface area contributed by atoms with E-state index in [1.54, 1.807) is 42.3 Å². The molecule has 32 heavy (non-hydrogen) atoms. The second-order valence-corrected chi connectivity index (χ2v) is 8.60. The minimum atomic E-state index is -0.542. The molecule has 0 spiro atoms. The van der Waals surface area contributed by atoms with E-state index >= 15 is 0 Å². The predicted octanol–water partition coefficient (Wildman–Crippen LogP) is 6.80. The number of anilines is 2. The number of hydrogen-bond acceptors (Lipinski definition) is 3. The summed E-state index contributed by atoms with van der Waals surface area (Å²) in [5.41, 5.74) is 3.46. The van der Waals surface area contributed by atoms with Crippen molar-refractivity contribution in [3.05, 3.63) is 87.2 Å². The van der Waals surface area contributed by atoms with Gasteiger partial charge in [-0.2, -0.15) is 0 Å². The molecule has 1 aromatic heterocycles. The van der Waals surface area contributed by atoms with Gasteiger partial charge >= 0.3 is 0 Å². The van der Waals surface area contributed by atoms with Crippen molar-refractivity contribution in [3.8, 4) is 0 Å². The number of benzene rings is 2. The Balaban J connectivity index is 1.74. The number of rotatable bonds is 5. The summed E-state index contributed by atoms with van der Waals surface area (Å²) in [6, 6.07) is 10.7. The molecule has 0 saturated carbocycles. The van der Waals surface area contributed by atoms with Gasteiger partial charge in [0, 0.05) is 23.9 Å². The van der Waals surface area contributed by atoms with Gasteiger partial charge in [-0.05, 0) is 55.5 Å². The molecule has 2 atom stereocenters. The van der Waals surface area contributed by atoms with Crippen molar-refractivity contribution in [2.24, 2.45) is 0 Å². The molecule has 1 aliphatic heterocycles. The summed E-state index contributed by atoms with van der Waals surface area (Å²) < 4.78 is 27.4. The minimum Gasteiger partial charge on any atom is -0.354 e. The maximum atomic E-state index is 14.0. The first kappa shape index (κ1) is 22.5. The molecular formula is C24H21Cl2F2N3O. The molecule has 2 aromatic carbocycles.